The van der Waals surface area contributed by atoms with Crippen molar-refractivity contribution < 1.29 is 19.1 Å². The Kier molecular flexibility index (Phi) is 7.46. The van der Waals surface area contributed by atoms with Crippen molar-refractivity contribution in [1.82, 2.24) is 14.0 Å². The van der Waals surface area contributed by atoms with Crippen molar-refractivity contribution in [3.05, 3.63) is 87.8 Å². The molecular weight excluding hydrogens is 484 g/mol. The maximum atomic E-state index is 13.6. The molecule has 3 aromatic heterocycles. The fraction of sp³-hybridized carbons (Fsp3) is 0.345. The number of carbonyl (C=O) groups is 2. The number of pyridine rings is 2. The molecule has 0 aliphatic carbocycles. The molecule has 0 radical (unpaired) electrons. The molecule has 38 heavy (non-hydrogen) atoms. The fourth-order valence-electron chi connectivity index (χ4n) is 4.94. The Labute approximate surface area is 219 Å². The lowest BCUT2D eigenvalue weighted by atomic mass is 9.96. The number of nitrogens with zero attached hydrogens (tertiary/aromatic N) is 4. The molecule has 1 aromatic carbocycles. The number of carbonyl (C=O) groups excluding carboxylic acids is 2. The molecule has 4 aromatic rings. The van der Waals surface area contributed by atoms with E-state index in [1.54, 1.807) is 35.9 Å². The summed E-state index contributed by atoms with van der Waals surface area (Å²) in [7, 11) is 0. The molecule has 4 heterocycles. The van der Waals surface area contributed by atoms with E-state index < -0.39 is 11.9 Å². The van der Waals surface area contributed by atoms with Crippen molar-refractivity contribution in [2.45, 2.75) is 51.7 Å². The third-order valence-electron chi connectivity index (χ3n) is 6.82. The monoisotopic (exact) mass is 514 g/mol. The van der Waals surface area contributed by atoms with Gasteiger partial charge in [0.1, 0.15) is 16.9 Å². The van der Waals surface area contributed by atoms with Crippen LogP contribution in [0.2, 0.25) is 0 Å². The molecule has 9 nitrogen and oxygen atoms in total. The first-order valence-corrected chi connectivity index (χ1v) is 13.0. The molecule has 0 bridgehead atoms. The number of esters is 1. The summed E-state index contributed by atoms with van der Waals surface area (Å²) in [5, 5.41) is 0.233. The third kappa shape index (κ3) is 4.89. The lowest BCUT2D eigenvalue weighted by Gasteiger charge is -2.18. The van der Waals surface area contributed by atoms with Gasteiger partial charge in [0.2, 0.25) is 0 Å². The summed E-state index contributed by atoms with van der Waals surface area (Å²) in [5.41, 5.74) is 1.47. The Balaban J connectivity index is 1.82. The number of hydrogen-bond donors (Lipinski definition) is 0. The van der Waals surface area contributed by atoms with Crippen molar-refractivity contribution in [2.75, 3.05) is 13.2 Å². The molecule has 0 N–H and O–H groups in total. The van der Waals surface area contributed by atoms with Gasteiger partial charge in [-0.15, -0.1) is 0 Å². The van der Waals surface area contributed by atoms with Gasteiger partial charge in [0.15, 0.2) is 5.49 Å². The van der Waals surface area contributed by atoms with Crippen LogP contribution in [0.5, 0.6) is 0 Å². The van der Waals surface area contributed by atoms with E-state index >= 15 is 0 Å². The summed E-state index contributed by atoms with van der Waals surface area (Å²) >= 11 is 0. The second-order valence-corrected chi connectivity index (χ2v) is 9.25. The minimum atomic E-state index is -0.660. The molecule has 2 unspecified atom stereocenters. The van der Waals surface area contributed by atoms with Crippen molar-refractivity contribution >= 4 is 28.6 Å². The highest BCUT2D eigenvalue weighted by Crippen LogP contribution is 2.21. The fourth-order valence-corrected chi connectivity index (χ4v) is 4.94. The summed E-state index contributed by atoms with van der Waals surface area (Å²) in [5.74, 6) is -1.54. The smallest absolute Gasteiger partial charge is 0.341 e. The first-order valence-electron chi connectivity index (χ1n) is 13.0. The van der Waals surface area contributed by atoms with Gasteiger partial charge in [-0.1, -0.05) is 43.3 Å². The van der Waals surface area contributed by atoms with Crippen LogP contribution < -0.4 is 11.0 Å². The molecule has 5 rings (SSSR count). The van der Waals surface area contributed by atoms with E-state index in [1.807, 2.05) is 37.3 Å². The van der Waals surface area contributed by atoms with Gasteiger partial charge in [-0.2, -0.15) is 4.99 Å². The highest BCUT2D eigenvalue weighted by molar-refractivity contribution is 5.94. The van der Waals surface area contributed by atoms with Crippen LogP contribution in [0, 0.1) is 0 Å². The lowest BCUT2D eigenvalue weighted by molar-refractivity contribution is -0.119. The summed E-state index contributed by atoms with van der Waals surface area (Å²) in [6, 6.07) is 16.2. The molecule has 1 aliphatic heterocycles. The van der Waals surface area contributed by atoms with Gasteiger partial charge in [-0.3, -0.25) is 14.0 Å². The second-order valence-electron chi connectivity index (χ2n) is 9.25. The normalized spacial score (nSPS) is 16.7. The Morgan fingerprint density at radius 2 is 1.95 bits per heavy atom. The zero-order valence-electron chi connectivity index (χ0n) is 21.5. The molecular formula is C29H30N4O5. The molecule has 0 saturated carbocycles. The number of fused-ring (bicyclic) bond motifs is 2. The van der Waals surface area contributed by atoms with E-state index in [1.165, 1.54) is 10.5 Å². The SMILES string of the molecule is CCOC(=O)c1cc2c(=O)n3ccccc3nc2n(CC2CCCO2)c1=NC(=O)C(CC)c1ccccc1. The quantitative estimate of drug-likeness (QED) is 0.276. The molecule has 196 valence electrons. The van der Waals surface area contributed by atoms with Crippen molar-refractivity contribution in [2.24, 2.45) is 4.99 Å². The topological polar surface area (TPSA) is 104 Å². The summed E-state index contributed by atoms with van der Waals surface area (Å²) in [4.78, 5) is 49.6. The van der Waals surface area contributed by atoms with Crippen LogP contribution in [0.15, 0.2) is 70.6 Å². The molecule has 1 saturated heterocycles. The zero-order chi connectivity index (χ0) is 26.6. The second kappa shape index (κ2) is 11.1. The van der Waals surface area contributed by atoms with Gasteiger partial charge >= 0.3 is 5.97 Å². The number of ether oxygens (including phenoxy) is 2. The van der Waals surface area contributed by atoms with Crippen LogP contribution in [0.1, 0.15) is 54.9 Å². The number of amides is 1. The lowest BCUT2D eigenvalue weighted by Crippen LogP contribution is -2.35. The van der Waals surface area contributed by atoms with Gasteiger partial charge in [-0.05, 0) is 49.9 Å². The predicted molar refractivity (Wildman–Crippen MR) is 142 cm³/mol. The van der Waals surface area contributed by atoms with Crippen molar-refractivity contribution in [1.29, 1.82) is 0 Å². The van der Waals surface area contributed by atoms with Crippen molar-refractivity contribution in [3.8, 4) is 0 Å². The Bertz CT molecular complexity index is 1620. The Morgan fingerprint density at radius 1 is 1.16 bits per heavy atom. The van der Waals surface area contributed by atoms with E-state index in [0.717, 1.165) is 18.4 Å². The van der Waals surface area contributed by atoms with Crippen LogP contribution in [0.3, 0.4) is 0 Å². The first-order chi connectivity index (χ1) is 18.5. The number of benzene rings is 1. The standard InChI is InChI=1S/C29H30N4O5/c1-3-21(19-11-6-5-7-12-19)27(34)31-26-23(29(36)37-4-2)17-22-25(33(26)18-20-13-10-16-38-20)30-24-14-8-9-15-32(24)28(22)35/h5-9,11-12,14-15,17,20-21H,3-4,10,13,16,18H2,1-2H3. The Morgan fingerprint density at radius 3 is 2.66 bits per heavy atom. The van der Waals surface area contributed by atoms with Crippen molar-refractivity contribution in [3.63, 3.8) is 0 Å². The predicted octanol–water partition coefficient (Wildman–Crippen LogP) is 3.63. The summed E-state index contributed by atoms with van der Waals surface area (Å²) in [6.45, 7) is 4.66. The van der Waals surface area contributed by atoms with E-state index in [-0.39, 0.29) is 47.2 Å². The molecule has 1 amide bonds. The number of rotatable bonds is 7. The highest BCUT2D eigenvalue weighted by Gasteiger charge is 2.25. The first kappa shape index (κ1) is 25.5. The molecule has 0 spiro atoms. The maximum absolute atomic E-state index is 13.6. The van der Waals surface area contributed by atoms with E-state index in [4.69, 9.17) is 14.5 Å². The number of hydrogen-bond acceptors (Lipinski definition) is 6. The molecule has 2 atom stereocenters. The van der Waals surface area contributed by atoms with Gasteiger partial charge in [-0.25, -0.2) is 9.78 Å². The summed E-state index contributed by atoms with van der Waals surface area (Å²) in [6.07, 6.45) is 3.70. The largest absolute Gasteiger partial charge is 0.462 e. The average Bonchev–Trinajstić information content (AvgIpc) is 3.45. The molecule has 1 fully saturated rings. The molecule has 1 aliphatic rings. The average molecular weight is 515 g/mol. The highest BCUT2D eigenvalue weighted by atomic mass is 16.5. The van der Waals surface area contributed by atoms with Crippen LogP contribution in [0.25, 0.3) is 16.7 Å². The van der Waals surface area contributed by atoms with Crippen LogP contribution in [-0.4, -0.2) is 45.1 Å². The Hall–Kier alpha value is -4.11. The molecule has 9 heteroatoms. The van der Waals surface area contributed by atoms with Crippen LogP contribution in [0.4, 0.5) is 0 Å². The zero-order valence-corrected chi connectivity index (χ0v) is 21.5. The van der Waals surface area contributed by atoms with Gasteiger partial charge < -0.3 is 14.0 Å². The van der Waals surface area contributed by atoms with Gasteiger partial charge in [0.25, 0.3) is 11.5 Å². The minimum absolute atomic E-state index is 0.0448. The van der Waals surface area contributed by atoms with E-state index in [2.05, 4.69) is 4.99 Å². The minimum Gasteiger partial charge on any atom is -0.462 e. The number of aromatic nitrogens is 3. The maximum Gasteiger partial charge on any atom is 0.341 e. The van der Waals surface area contributed by atoms with Crippen LogP contribution >= 0.6 is 0 Å². The van der Waals surface area contributed by atoms with Gasteiger partial charge in [0, 0.05) is 12.8 Å². The summed E-state index contributed by atoms with van der Waals surface area (Å²) < 4.78 is 14.3. The van der Waals surface area contributed by atoms with E-state index in [0.29, 0.717) is 24.3 Å². The third-order valence-corrected chi connectivity index (χ3v) is 6.82. The van der Waals surface area contributed by atoms with Gasteiger partial charge in [0.05, 0.1) is 30.6 Å². The van der Waals surface area contributed by atoms with Crippen LogP contribution in [-0.2, 0) is 20.8 Å². The van der Waals surface area contributed by atoms with E-state index in [9.17, 15) is 14.4 Å².